The average molecular weight is 523 g/mol. The number of nitrogens with zero attached hydrogens (tertiary/aromatic N) is 6. The number of halogens is 1. The lowest BCUT2D eigenvalue weighted by molar-refractivity contribution is 0.122. The van der Waals surface area contributed by atoms with Crippen molar-refractivity contribution in [2.24, 2.45) is 0 Å². The number of fused-ring (bicyclic) bond motifs is 1. The number of anilines is 3. The molecule has 0 amide bonds. The predicted molar refractivity (Wildman–Crippen MR) is 144 cm³/mol. The number of hydrogen-bond donors (Lipinski definition) is 2. The molecule has 2 N–H and O–H groups in total. The van der Waals surface area contributed by atoms with Crippen molar-refractivity contribution in [2.75, 3.05) is 62.0 Å². The molecule has 0 spiro atoms. The van der Waals surface area contributed by atoms with Gasteiger partial charge in [0, 0.05) is 55.9 Å². The number of rotatable bonds is 7. The van der Waals surface area contributed by atoms with E-state index in [4.69, 9.17) is 9.47 Å². The van der Waals surface area contributed by atoms with Gasteiger partial charge in [-0.3, -0.25) is 4.98 Å². The molecular weight excluding hydrogens is 487 g/mol. The second-order valence-electron chi connectivity index (χ2n) is 10.5. The van der Waals surface area contributed by atoms with Crippen molar-refractivity contribution < 1.29 is 13.9 Å². The third kappa shape index (κ3) is 5.58. The van der Waals surface area contributed by atoms with Crippen molar-refractivity contribution in [3.8, 4) is 5.75 Å². The second-order valence-corrected chi connectivity index (χ2v) is 10.5. The number of aromatic nitrogens is 4. The lowest BCUT2D eigenvalue weighted by atomic mass is 9.93. The molecule has 3 aromatic rings. The highest BCUT2D eigenvalue weighted by atomic mass is 19.1. The molecule has 202 valence electrons. The van der Waals surface area contributed by atoms with E-state index in [0.717, 1.165) is 80.8 Å². The molecule has 1 aliphatic carbocycles. The van der Waals surface area contributed by atoms with Gasteiger partial charge in [0.25, 0.3) is 0 Å². The molecule has 2 aromatic heterocycles. The third-order valence-corrected chi connectivity index (χ3v) is 7.73. The Morgan fingerprint density at radius 2 is 1.63 bits per heavy atom. The summed E-state index contributed by atoms with van der Waals surface area (Å²) in [6, 6.07) is 4.49. The number of benzene rings is 1. The molecule has 1 unspecified atom stereocenters. The van der Waals surface area contributed by atoms with Crippen molar-refractivity contribution in [1.82, 2.24) is 24.8 Å². The van der Waals surface area contributed by atoms with Crippen LogP contribution in [0, 0.1) is 5.82 Å². The zero-order valence-electron chi connectivity index (χ0n) is 21.8. The fourth-order valence-electron chi connectivity index (χ4n) is 5.64. The van der Waals surface area contributed by atoms with E-state index in [1.807, 2.05) is 0 Å². The summed E-state index contributed by atoms with van der Waals surface area (Å²) in [6.45, 7) is 5.00. The Morgan fingerprint density at radius 1 is 0.895 bits per heavy atom. The van der Waals surface area contributed by atoms with Gasteiger partial charge in [-0.25, -0.2) is 15.0 Å². The van der Waals surface area contributed by atoms with E-state index in [-0.39, 0.29) is 29.8 Å². The van der Waals surface area contributed by atoms with E-state index in [0.29, 0.717) is 13.2 Å². The Balaban J connectivity index is 1.09. The van der Waals surface area contributed by atoms with Crippen LogP contribution < -0.4 is 20.3 Å². The first-order valence-electron chi connectivity index (χ1n) is 13.6. The summed E-state index contributed by atoms with van der Waals surface area (Å²) >= 11 is 0. The van der Waals surface area contributed by atoms with Gasteiger partial charge in [0.1, 0.15) is 17.6 Å². The number of nitrogens with one attached hydrogen (secondary N) is 2. The Labute approximate surface area is 222 Å². The minimum absolute atomic E-state index is 0.0602. The standard InChI is InChI=1S/C27H35FN8O2/c1-35-9-6-19(16-35)34-27-24(28)26(31-17-32-27)33-18-2-4-21(5-3-18)38-23-15-20(36-10-12-37-13-11-36)14-22-25(23)30-8-7-29-22/h7-8,14-15,17-19,21H,2-6,9-13,16H2,1H3,(H2,31,32,33,34). The van der Waals surface area contributed by atoms with Crippen molar-refractivity contribution in [1.29, 1.82) is 0 Å². The predicted octanol–water partition coefficient (Wildman–Crippen LogP) is 3.31. The highest BCUT2D eigenvalue weighted by Gasteiger charge is 2.26. The lowest BCUT2D eigenvalue weighted by Crippen LogP contribution is -2.36. The molecule has 3 fully saturated rings. The molecule has 1 saturated carbocycles. The van der Waals surface area contributed by atoms with Gasteiger partial charge in [-0.1, -0.05) is 0 Å². The Morgan fingerprint density at radius 3 is 2.37 bits per heavy atom. The normalized spacial score (nSPS) is 24.5. The second kappa shape index (κ2) is 11.2. The van der Waals surface area contributed by atoms with Crippen LogP contribution in [0.4, 0.5) is 21.7 Å². The molecule has 2 aliphatic heterocycles. The summed E-state index contributed by atoms with van der Waals surface area (Å²) in [5, 5.41) is 6.56. The summed E-state index contributed by atoms with van der Waals surface area (Å²) < 4.78 is 27.2. The molecule has 0 radical (unpaired) electrons. The Kier molecular flexibility index (Phi) is 7.37. The van der Waals surface area contributed by atoms with Gasteiger partial charge < -0.3 is 29.9 Å². The molecule has 4 heterocycles. The minimum atomic E-state index is -0.412. The summed E-state index contributed by atoms with van der Waals surface area (Å²) in [5.41, 5.74) is 2.69. The van der Waals surface area contributed by atoms with Crippen molar-refractivity contribution in [3.63, 3.8) is 0 Å². The maximum absolute atomic E-state index is 15.2. The van der Waals surface area contributed by atoms with Crippen LogP contribution in [-0.4, -0.2) is 89.5 Å². The van der Waals surface area contributed by atoms with Gasteiger partial charge >= 0.3 is 0 Å². The van der Waals surface area contributed by atoms with Gasteiger partial charge in [-0.15, -0.1) is 0 Å². The number of likely N-dealkylation sites (N-methyl/N-ethyl adjacent to an activating group) is 1. The minimum Gasteiger partial charge on any atom is -0.488 e. The van der Waals surface area contributed by atoms with Crippen molar-refractivity contribution >= 4 is 28.4 Å². The third-order valence-electron chi connectivity index (χ3n) is 7.73. The smallest absolute Gasteiger partial charge is 0.207 e. The quantitative estimate of drug-likeness (QED) is 0.481. The Hall–Kier alpha value is -3.31. The zero-order valence-corrected chi connectivity index (χ0v) is 21.8. The SMILES string of the molecule is CN1CCC(Nc2ncnc(NC3CCC(Oc4cc(N5CCOCC5)cc5nccnc45)CC3)c2F)C1. The van der Waals surface area contributed by atoms with Gasteiger partial charge in [-0.2, -0.15) is 4.39 Å². The molecule has 38 heavy (non-hydrogen) atoms. The van der Waals surface area contributed by atoms with Gasteiger partial charge in [-0.05, 0) is 51.8 Å². The molecule has 3 aliphatic rings. The monoisotopic (exact) mass is 522 g/mol. The van der Waals surface area contributed by atoms with Crippen LogP contribution in [0.3, 0.4) is 0 Å². The zero-order chi connectivity index (χ0) is 25.9. The number of morpholine rings is 1. The molecule has 1 aromatic carbocycles. The average Bonchev–Trinajstić information content (AvgIpc) is 3.36. The first-order valence-corrected chi connectivity index (χ1v) is 13.6. The number of hydrogen-bond acceptors (Lipinski definition) is 10. The maximum Gasteiger partial charge on any atom is 0.207 e. The molecule has 10 nitrogen and oxygen atoms in total. The van der Waals surface area contributed by atoms with Crippen LogP contribution in [0.2, 0.25) is 0 Å². The summed E-state index contributed by atoms with van der Waals surface area (Å²) in [5.74, 6) is 0.889. The Bertz CT molecular complexity index is 1250. The molecule has 6 rings (SSSR count). The van der Waals surface area contributed by atoms with Gasteiger partial charge in [0.05, 0.1) is 24.8 Å². The molecule has 11 heteroatoms. The van der Waals surface area contributed by atoms with Crippen LogP contribution >= 0.6 is 0 Å². The summed E-state index contributed by atoms with van der Waals surface area (Å²) in [6.07, 6.45) is 9.30. The maximum atomic E-state index is 15.2. The van der Waals surface area contributed by atoms with Crippen LogP contribution in [-0.2, 0) is 4.74 Å². The van der Waals surface area contributed by atoms with Crippen molar-refractivity contribution in [2.45, 2.75) is 50.3 Å². The largest absolute Gasteiger partial charge is 0.488 e. The summed E-state index contributed by atoms with van der Waals surface area (Å²) in [4.78, 5) is 22.0. The van der Waals surface area contributed by atoms with Gasteiger partial charge in [0.2, 0.25) is 5.82 Å². The van der Waals surface area contributed by atoms with E-state index < -0.39 is 5.82 Å². The van der Waals surface area contributed by atoms with E-state index in [2.05, 4.69) is 59.5 Å². The van der Waals surface area contributed by atoms with E-state index in [1.165, 1.54) is 6.33 Å². The highest BCUT2D eigenvalue weighted by molar-refractivity contribution is 5.85. The van der Waals surface area contributed by atoms with E-state index in [9.17, 15) is 0 Å². The van der Waals surface area contributed by atoms with Crippen molar-refractivity contribution in [3.05, 3.63) is 36.7 Å². The van der Waals surface area contributed by atoms with Crippen LogP contribution in [0.25, 0.3) is 11.0 Å². The van der Waals surface area contributed by atoms with Crippen LogP contribution in [0.5, 0.6) is 5.75 Å². The number of ether oxygens (including phenoxy) is 2. The first kappa shape index (κ1) is 25.0. The van der Waals surface area contributed by atoms with Crippen LogP contribution in [0.1, 0.15) is 32.1 Å². The first-order chi connectivity index (χ1) is 18.6. The van der Waals surface area contributed by atoms with E-state index >= 15 is 4.39 Å². The topological polar surface area (TPSA) is 101 Å². The molecule has 0 bridgehead atoms. The van der Waals surface area contributed by atoms with E-state index in [1.54, 1.807) is 12.4 Å². The molecule has 2 saturated heterocycles. The summed E-state index contributed by atoms with van der Waals surface area (Å²) in [7, 11) is 2.07. The fourth-order valence-corrected chi connectivity index (χ4v) is 5.64. The number of likely N-dealkylation sites (tertiary alicyclic amines) is 1. The van der Waals surface area contributed by atoms with Crippen LogP contribution in [0.15, 0.2) is 30.9 Å². The fraction of sp³-hybridized carbons (Fsp3) is 0.556. The molecular formula is C27H35FN8O2. The lowest BCUT2D eigenvalue weighted by Gasteiger charge is -2.31. The molecule has 1 atom stereocenters. The van der Waals surface area contributed by atoms with Gasteiger partial charge in [0.15, 0.2) is 11.6 Å². The highest BCUT2D eigenvalue weighted by Crippen LogP contribution is 2.33.